The van der Waals surface area contributed by atoms with Crippen LogP contribution in [-0.2, 0) is 0 Å². The fourth-order valence-corrected chi connectivity index (χ4v) is 2.67. The Hall–Kier alpha value is -1.42. The third-order valence-corrected chi connectivity index (χ3v) is 3.76. The number of rotatable bonds is 2. The van der Waals surface area contributed by atoms with Crippen LogP contribution in [0, 0.1) is 24.6 Å². The SMILES string of the molecule is Cc1ccc(F)c(C(=O)NC2C3CNCC32)c1. The highest BCUT2D eigenvalue weighted by atomic mass is 19.1. The first-order chi connectivity index (χ1) is 8.16. The van der Waals surface area contributed by atoms with Gasteiger partial charge in [-0.05, 0) is 30.9 Å². The van der Waals surface area contributed by atoms with Crippen molar-refractivity contribution in [2.75, 3.05) is 13.1 Å². The zero-order valence-corrected chi connectivity index (χ0v) is 9.66. The van der Waals surface area contributed by atoms with Gasteiger partial charge < -0.3 is 10.6 Å². The summed E-state index contributed by atoms with van der Waals surface area (Å²) in [5.74, 6) is 0.362. The highest BCUT2D eigenvalue weighted by Gasteiger charge is 2.53. The van der Waals surface area contributed by atoms with Crippen LogP contribution in [0.2, 0.25) is 0 Å². The molecule has 1 heterocycles. The van der Waals surface area contributed by atoms with E-state index in [-0.39, 0.29) is 17.5 Å². The van der Waals surface area contributed by atoms with E-state index in [1.165, 1.54) is 6.07 Å². The molecule has 2 unspecified atom stereocenters. The van der Waals surface area contributed by atoms with Crippen molar-refractivity contribution >= 4 is 5.91 Å². The fraction of sp³-hybridized carbons (Fsp3) is 0.462. The normalized spacial score (nSPS) is 29.9. The van der Waals surface area contributed by atoms with E-state index in [1.54, 1.807) is 12.1 Å². The second-order valence-corrected chi connectivity index (χ2v) is 4.97. The van der Waals surface area contributed by atoms with Crippen molar-refractivity contribution in [1.82, 2.24) is 10.6 Å². The smallest absolute Gasteiger partial charge is 0.254 e. The van der Waals surface area contributed by atoms with Crippen molar-refractivity contribution in [2.45, 2.75) is 13.0 Å². The molecule has 1 saturated carbocycles. The molecule has 3 rings (SSSR count). The van der Waals surface area contributed by atoms with E-state index in [9.17, 15) is 9.18 Å². The second-order valence-electron chi connectivity index (χ2n) is 4.97. The van der Waals surface area contributed by atoms with Crippen LogP contribution in [0.25, 0.3) is 0 Å². The minimum Gasteiger partial charge on any atom is -0.349 e. The van der Waals surface area contributed by atoms with Gasteiger partial charge in [0.1, 0.15) is 5.82 Å². The number of fused-ring (bicyclic) bond motifs is 1. The maximum atomic E-state index is 13.5. The molecule has 0 radical (unpaired) electrons. The van der Waals surface area contributed by atoms with Crippen molar-refractivity contribution in [2.24, 2.45) is 11.8 Å². The lowest BCUT2D eigenvalue weighted by Gasteiger charge is -2.08. The van der Waals surface area contributed by atoms with Crippen LogP contribution >= 0.6 is 0 Å². The van der Waals surface area contributed by atoms with Crippen molar-refractivity contribution in [3.05, 3.63) is 35.1 Å². The topological polar surface area (TPSA) is 41.1 Å². The predicted octanol–water partition coefficient (Wildman–Crippen LogP) is 1.08. The summed E-state index contributed by atoms with van der Waals surface area (Å²) in [4.78, 5) is 11.9. The lowest BCUT2D eigenvalue weighted by molar-refractivity contribution is 0.0942. The number of aryl methyl sites for hydroxylation is 1. The number of piperidine rings is 1. The molecule has 0 spiro atoms. The Kier molecular flexibility index (Phi) is 2.40. The number of halogens is 1. The van der Waals surface area contributed by atoms with E-state index in [0.717, 1.165) is 18.7 Å². The summed E-state index contributed by atoms with van der Waals surface area (Å²) in [7, 11) is 0. The lowest BCUT2D eigenvalue weighted by Crippen LogP contribution is -2.33. The van der Waals surface area contributed by atoms with Gasteiger partial charge in [0.05, 0.1) is 5.56 Å². The van der Waals surface area contributed by atoms with Gasteiger partial charge >= 0.3 is 0 Å². The summed E-state index contributed by atoms with van der Waals surface area (Å²) in [6.07, 6.45) is 0. The number of hydrogen-bond donors (Lipinski definition) is 2. The standard InChI is InChI=1S/C13H15FN2O/c1-7-2-3-11(14)8(4-7)13(17)16-12-9-5-15-6-10(9)12/h2-4,9-10,12,15H,5-6H2,1H3,(H,16,17). The summed E-state index contributed by atoms with van der Waals surface area (Å²) < 4.78 is 13.5. The second kappa shape index (κ2) is 3.81. The van der Waals surface area contributed by atoms with Crippen molar-refractivity contribution < 1.29 is 9.18 Å². The molecule has 3 nitrogen and oxygen atoms in total. The molecular formula is C13H15FN2O. The van der Waals surface area contributed by atoms with Crippen LogP contribution in [0.1, 0.15) is 15.9 Å². The molecule has 0 bridgehead atoms. The van der Waals surface area contributed by atoms with E-state index in [2.05, 4.69) is 10.6 Å². The average Bonchev–Trinajstić information content (AvgIpc) is 2.76. The van der Waals surface area contributed by atoms with Crippen molar-refractivity contribution in [3.8, 4) is 0 Å². The minimum atomic E-state index is -0.447. The van der Waals surface area contributed by atoms with E-state index in [1.807, 2.05) is 6.92 Å². The average molecular weight is 234 g/mol. The van der Waals surface area contributed by atoms with Gasteiger partial charge in [-0.2, -0.15) is 0 Å². The maximum absolute atomic E-state index is 13.5. The molecular weight excluding hydrogens is 219 g/mol. The van der Waals surface area contributed by atoms with E-state index in [0.29, 0.717) is 11.8 Å². The van der Waals surface area contributed by atoms with Crippen LogP contribution in [-0.4, -0.2) is 25.0 Å². The fourth-order valence-electron chi connectivity index (χ4n) is 2.67. The molecule has 2 N–H and O–H groups in total. The zero-order valence-electron chi connectivity index (χ0n) is 9.66. The number of hydrogen-bond acceptors (Lipinski definition) is 2. The Morgan fingerprint density at radius 3 is 2.82 bits per heavy atom. The molecule has 90 valence electrons. The highest BCUT2D eigenvalue weighted by Crippen LogP contribution is 2.41. The minimum absolute atomic E-state index is 0.155. The Morgan fingerprint density at radius 2 is 2.12 bits per heavy atom. The molecule has 2 fully saturated rings. The van der Waals surface area contributed by atoms with E-state index in [4.69, 9.17) is 0 Å². The number of benzene rings is 1. The molecule has 1 saturated heterocycles. The Morgan fingerprint density at radius 1 is 1.41 bits per heavy atom. The molecule has 1 aromatic rings. The molecule has 1 amide bonds. The number of amides is 1. The third kappa shape index (κ3) is 1.82. The van der Waals surface area contributed by atoms with Crippen molar-refractivity contribution in [3.63, 3.8) is 0 Å². The largest absolute Gasteiger partial charge is 0.349 e. The first-order valence-corrected chi connectivity index (χ1v) is 5.94. The van der Waals surface area contributed by atoms with Gasteiger partial charge in [-0.1, -0.05) is 11.6 Å². The number of carbonyl (C=O) groups excluding carboxylic acids is 1. The molecule has 2 atom stereocenters. The summed E-state index contributed by atoms with van der Waals surface area (Å²) in [6.45, 7) is 3.78. The van der Waals surface area contributed by atoms with E-state index < -0.39 is 5.82 Å². The first kappa shape index (κ1) is 10.7. The predicted molar refractivity (Wildman–Crippen MR) is 62.2 cm³/mol. The maximum Gasteiger partial charge on any atom is 0.254 e. The van der Waals surface area contributed by atoms with E-state index >= 15 is 0 Å². The molecule has 2 aliphatic rings. The van der Waals surface area contributed by atoms with Crippen LogP contribution in [0.4, 0.5) is 4.39 Å². The van der Waals surface area contributed by atoms with Gasteiger partial charge in [-0.3, -0.25) is 4.79 Å². The Labute approximate surface area is 99.4 Å². The van der Waals surface area contributed by atoms with Gasteiger partial charge in [0, 0.05) is 19.1 Å². The molecule has 1 aliphatic carbocycles. The Balaban J connectivity index is 1.72. The van der Waals surface area contributed by atoms with Crippen LogP contribution in [0.15, 0.2) is 18.2 Å². The van der Waals surface area contributed by atoms with Gasteiger partial charge in [-0.15, -0.1) is 0 Å². The summed E-state index contributed by atoms with van der Waals surface area (Å²) >= 11 is 0. The molecule has 1 aromatic carbocycles. The van der Waals surface area contributed by atoms with Gasteiger partial charge in [-0.25, -0.2) is 4.39 Å². The summed E-state index contributed by atoms with van der Waals surface area (Å²) in [5, 5.41) is 6.18. The number of carbonyl (C=O) groups is 1. The molecule has 4 heteroatoms. The summed E-state index contributed by atoms with van der Waals surface area (Å²) in [5.41, 5.74) is 1.05. The van der Waals surface area contributed by atoms with Crippen LogP contribution in [0.5, 0.6) is 0 Å². The van der Waals surface area contributed by atoms with Crippen molar-refractivity contribution in [1.29, 1.82) is 0 Å². The lowest BCUT2D eigenvalue weighted by atomic mass is 10.1. The third-order valence-electron chi connectivity index (χ3n) is 3.76. The van der Waals surface area contributed by atoms with Crippen LogP contribution in [0.3, 0.4) is 0 Å². The highest BCUT2D eigenvalue weighted by molar-refractivity contribution is 5.95. The number of nitrogens with one attached hydrogen (secondary N) is 2. The van der Waals surface area contributed by atoms with Gasteiger partial charge in [0.2, 0.25) is 0 Å². The van der Waals surface area contributed by atoms with Crippen LogP contribution < -0.4 is 10.6 Å². The molecule has 1 aliphatic heterocycles. The van der Waals surface area contributed by atoms with Gasteiger partial charge in [0.25, 0.3) is 5.91 Å². The van der Waals surface area contributed by atoms with Gasteiger partial charge in [0.15, 0.2) is 0 Å². The Bertz CT molecular complexity index is 464. The molecule has 0 aromatic heterocycles. The summed E-state index contributed by atoms with van der Waals surface area (Å²) in [6, 6.07) is 4.85. The first-order valence-electron chi connectivity index (χ1n) is 5.94. The quantitative estimate of drug-likeness (QED) is 0.804. The zero-order chi connectivity index (χ0) is 12.0. The molecule has 17 heavy (non-hydrogen) atoms. The monoisotopic (exact) mass is 234 g/mol.